The fourth-order valence-electron chi connectivity index (χ4n) is 2.20. The van der Waals surface area contributed by atoms with Crippen LogP contribution in [0.4, 0.5) is 13.2 Å². The Balaban J connectivity index is 2.34. The van der Waals surface area contributed by atoms with Gasteiger partial charge in [-0.2, -0.15) is 13.2 Å². The molecule has 2 rings (SSSR count). The Morgan fingerprint density at radius 1 is 1.12 bits per heavy atom. The predicted octanol–water partition coefficient (Wildman–Crippen LogP) is 1.32. The summed E-state index contributed by atoms with van der Waals surface area (Å²) in [5.41, 5.74) is -0.230. The van der Waals surface area contributed by atoms with Gasteiger partial charge in [0.05, 0.1) is 13.1 Å². The Morgan fingerprint density at radius 3 is 2.08 bits per heavy atom. The summed E-state index contributed by atoms with van der Waals surface area (Å²) in [6, 6.07) is 6.71. The van der Waals surface area contributed by atoms with Crippen LogP contribution in [0, 0.1) is 0 Å². The molecule has 24 heavy (non-hydrogen) atoms. The molecule has 0 bridgehead atoms. The molecule has 1 aliphatic heterocycles. The number of hydrogen-bond donors (Lipinski definition) is 0. The molecule has 1 aromatic carbocycles. The minimum absolute atomic E-state index is 0.230. The number of rotatable bonds is 3. The van der Waals surface area contributed by atoms with Gasteiger partial charge in [-0.05, 0) is 7.05 Å². The fourth-order valence-corrected chi connectivity index (χ4v) is 2.20. The van der Waals surface area contributed by atoms with Crippen LogP contribution >= 0.6 is 0 Å². The van der Waals surface area contributed by atoms with Crippen molar-refractivity contribution in [2.45, 2.75) is 12.0 Å². The molecule has 1 atom stereocenters. The van der Waals surface area contributed by atoms with E-state index in [0.29, 0.717) is 0 Å². The van der Waals surface area contributed by atoms with Gasteiger partial charge in [0, 0.05) is 5.56 Å². The molecule has 128 valence electrons. The van der Waals surface area contributed by atoms with Gasteiger partial charge in [0.2, 0.25) is 0 Å². The number of likely N-dealkylation sites (N-methyl/N-ethyl adjacent to an activating group) is 1. The minimum atomic E-state index is -5.07. The second-order valence-electron chi connectivity index (χ2n) is 5.27. The van der Waals surface area contributed by atoms with E-state index in [1.807, 2.05) is 0 Å². The first-order chi connectivity index (χ1) is 11.2. The van der Waals surface area contributed by atoms with Crippen LogP contribution in [0.25, 0.3) is 0 Å². The average molecular weight is 343 g/mol. The van der Waals surface area contributed by atoms with Crippen LogP contribution in [0.5, 0.6) is 0 Å². The largest absolute Gasteiger partial charge is 0.619 e. The van der Waals surface area contributed by atoms with Crippen LogP contribution in [0.15, 0.2) is 30.3 Å². The van der Waals surface area contributed by atoms with Crippen molar-refractivity contribution in [2.75, 3.05) is 20.1 Å². The van der Waals surface area contributed by atoms with Crippen LogP contribution < -0.4 is 0 Å². The van der Waals surface area contributed by atoms with E-state index < -0.39 is 49.9 Å². The first-order valence-corrected chi connectivity index (χ1v) is 6.92. The molecule has 10 heteroatoms. The summed E-state index contributed by atoms with van der Waals surface area (Å²) >= 11 is 0. The minimum Gasteiger partial charge on any atom is -0.498 e. The molecule has 0 unspecified atom stereocenters. The number of nitrogens with zero attached hydrogens (tertiary/aromatic N) is 1. The molecule has 0 amide bonds. The molecular formula is C14H13BF3NO5. The third-order valence-electron chi connectivity index (χ3n) is 3.26. The Morgan fingerprint density at radius 2 is 1.62 bits per heavy atom. The first-order valence-electron chi connectivity index (χ1n) is 6.92. The summed E-state index contributed by atoms with van der Waals surface area (Å²) in [5.74, 6) is -6.19. The quantitative estimate of drug-likeness (QED) is 0.609. The fraction of sp³-hybridized carbons (Fsp3) is 0.357. The summed E-state index contributed by atoms with van der Waals surface area (Å²) in [4.78, 5) is 36.7. The van der Waals surface area contributed by atoms with Crippen LogP contribution in [-0.4, -0.2) is 56.1 Å². The number of ketones is 1. The smallest absolute Gasteiger partial charge is 0.498 e. The molecule has 1 saturated heterocycles. The molecule has 1 fully saturated rings. The average Bonchev–Trinajstić information content (AvgIpc) is 2.44. The molecule has 1 aliphatic rings. The van der Waals surface area contributed by atoms with Gasteiger partial charge in [-0.15, -0.1) is 0 Å². The monoisotopic (exact) mass is 343 g/mol. The van der Waals surface area contributed by atoms with E-state index in [4.69, 9.17) is 0 Å². The van der Waals surface area contributed by atoms with Gasteiger partial charge in [0.15, 0.2) is 11.6 Å². The lowest BCUT2D eigenvalue weighted by Gasteiger charge is -2.27. The van der Waals surface area contributed by atoms with Gasteiger partial charge in [0.1, 0.15) is 0 Å². The lowest BCUT2D eigenvalue weighted by atomic mass is 9.67. The zero-order chi connectivity index (χ0) is 17.9. The van der Waals surface area contributed by atoms with Crippen LogP contribution in [0.3, 0.4) is 0 Å². The van der Waals surface area contributed by atoms with E-state index in [1.165, 1.54) is 42.3 Å². The normalized spacial score (nSPS) is 18.2. The van der Waals surface area contributed by atoms with E-state index in [-0.39, 0.29) is 5.56 Å². The molecule has 0 spiro atoms. The maximum atomic E-state index is 13.4. The highest BCUT2D eigenvalue weighted by atomic mass is 19.4. The topological polar surface area (TPSA) is 72.9 Å². The number of alkyl halides is 3. The molecule has 1 aromatic rings. The Hall–Kier alpha value is -2.36. The van der Waals surface area contributed by atoms with Crippen molar-refractivity contribution in [2.24, 2.45) is 0 Å². The van der Waals surface area contributed by atoms with Crippen molar-refractivity contribution in [3.63, 3.8) is 0 Å². The standard InChI is InChI=1S/C14H13BF3NO5/c1-19-7-10(20)23-15(24-11(21)8-19)13(14(16,17)18)12(22)9-5-3-2-4-6-9/h2-6,13H,7-8H2,1H3/t13-/m1/s1. The maximum Gasteiger partial charge on any atom is 0.619 e. The second-order valence-corrected chi connectivity index (χ2v) is 5.27. The van der Waals surface area contributed by atoms with Crippen molar-refractivity contribution in [1.82, 2.24) is 4.90 Å². The number of Topliss-reactive ketones (excluding diaryl/α,β-unsaturated/α-hetero) is 1. The summed E-state index contributed by atoms with van der Waals surface area (Å²) in [5, 5.41) is 0. The van der Waals surface area contributed by atoms with E-state index >= 15 is 0 Å². The van der Waals surface area contributed by atoms with Crippen LogP contribution in [-0.2, 0) is 18.9 Å². The van der Waals surface area contributed by atoms with Crippen molar-refractivity contribution in [3.8, 4) is 0 Å². The lowest BCUT2D eigenvalue weighted by Crippen LogP contribution is -2.49. The van der Waals surface area contributed by atoms with Gasteiger partial charge in [0.25, 0.3) is 0 Å². The summed E-state index contributed by atoms with van der Waals surface area (Å²) < 4.78 is 49.4. The molecule has 0 N–H and O–H groups in total. The highest BCUT2D eigenvalue weighted by molar-refractivity contribution is 6.57. The van der Waals surface area contributed by atoms with E-state index in [9.17, 15) is 27.6 Å². The zero-order valence-corrected chi connectivity index (χ0v) is 12.6. The number of hydrogen-bond acceptors (Lipinski definition) is 6. The van der Waals surface area contributed by atoms with Crippen molar-refractivity contribution in [1.29, 1.82) is 0 Å². The van der Waals surface area contributed by atoms with Gasteiger partial charge in [-0.25, -0.2) is 0 Å². The molecule has 0 saturated carbocycles. The maximum absolute atomic E-state index is 13.4. The first kappa shape index (κ1) is 18.0. The summed E-state index contributed by atoms with van der Waals surface area (Å²) in [6.07, 6.45) is -5.07. The Bertz CT molecular complexity index is 617. The Kier molecular flexibility index (Phi) is 5.28. The van der Waals surface area contributed by atoms with Crippen molar-refractivity contribution >= 4 is 24.8 Å². The van der Waals surface area contributed by atoms with Gasteiger partial charge >= 0.3 is 25.2 Å². The lowest BCUT2D eigenvalue weighted by molar-refractivity contribution is -0.150. The number of carbonyl (C=O) groups is 3. The molecule has 0 aliphatic carbocycles. The van der Waals surface area contributed by atoms with E-state index in [2.05, 4.69) is 9.31 Å². The summed E-state index contributed by atoms with van der Waals surface area (Å²) in [6.45, 7) is -0.786. The molecule has 0 aromatic heterocycles. The highest BCUT2D eigenvalue weighted by Crippen LogP contribution is 2.37. The second kappa shape index (κ2) is 7.04. The third-order valence-corrected chi connectivity index (χ3v) is 3.26. The van der Waals surface area contributed by atoms with Crippen molar-refractivity contribution in [3.05, 3.63) is 35.9 Å². The van der Waals surface area contributed by atoms with Crippen LogP contribution in [0.2, 0.25) is 5.82 Å². The molecule has 0 radical (unpaired) electrons. The van der Waals surface area contributed by atoms with Gasteiger partial charge < -0.3 is 9.31 Å². The van der Waals surface area contributed by atoms with Crippen LogP contribution in [0.1, 0.15) is 10.4 Å². The number of halogens is 3. The molecular weight excluding hydrogens is 330 g/mol. The third kappa shape index (κ3) is 4.35. The summed E-state index contributed by atoms with van der Waals surface area (Å²) in [7, 11) is -0.953. The van der Waals surface area contributed by atoms with Gasteiger partial charge in [-0.3, -0.25) is 19.3 Å². The predicted molar refractivity (Wildman–Crippen MR) is 76.0 cm³/mol. The van der Waals surface area contributed by atoms with Crippen molar-refractivity contribution < 1.29 is 36.9 Å². The number of benzene rings is 1. The molecule has 1 heterocycles. The SMILES string of the molecule is CN1CC(=O)OB([C@H](C(=O)c2ccccc2)C(F)(F)F)OC(=O)C1. The number of carbonyl (C=O) groups excluding carboxylic acids is 3. The zero-order valence-electron chi connectivity index (χ0n) is 12.6. The highest BCUT2D eigenvalue weighted by Gasteiger charge is 2.58. The van der Waals surface area contributed by atoms with E-state index in [0.717, 1.165) is 0 Å². The Labute approximate surface area is 135 Å². The van der Waals surface area contributed by atoms with Gasteiger partial charge in [-0.1, -0.05) is 30.3 Å². The van der Waals surface area contributed by atoms with E-state index in [1.54, 1.807) is 0 Å². The molecule has 6 nitrogen and oxygen atoms in total.